The number of hydrogen-bond donors (Lipinski definition) is 2. The van der Waals surface area contributed by atoms with Crippen LogP contribution in [0, 0.1) is 6.92 Å². The molecule has 0 aliphatic heterocycles. The number of aryl methyl sites for hydroxylation is 1. The fraction of sp³-hybridized carbons (Fsp3) is 0.320. The summed E-state index contributed by atoms with van der Waals surface area (Å²) in [7, 11) is 0. The van der Waals surface area contributed by atoms with Crippen molar-refractivity contribution < 1.29 is 18.8 Å². The molecule has 2 N–H and O–H groups in total. The Balaban J connectivity index is 1.65. The SMILES string of the molecule is Cc1ccccc1N(C(=O)CNC(=O)c1cccs1)[C@H](C(=O)NC1CCCC1)c1ccco1. The van der Waals surface area contributed by atoms with Crippen LogP contribution in [0.2, 0.25) is 0 Å². The fourth-order valence-electron chi connectivity index (χ4n) is 4.16. The van der Waals surface area contributed by atoms with Crippen molar-refractivity contribution in [2.75, 3.05) is 11.4 Å². The summed E-state index contributed by atoms with van der Waals surface area (Å²) in [5.74, 6) is -0.657. The van der Waals surface area contributed by atoms with E-state index in [2.05, 4.69) is 10.6 Å². The molecule has 4 rings (SSSR count). The lowest BCUT2D eigenvalue weighted by Crippen LogP contribution is -2.49. The number of amides is 3. The topological polar surface area (TPSA) is 91.7 Å². The number of nitrogens with zero attached hydrogens (tertiary/aromatic N) is 1. The number of para-hydroxylation sites is 1. The molecule has 0 radical (unpaired) electrons. The van der Waals surface area contributed by atoms with Crippen LogP contribution in [0.3, 0.4) is 0 Å². The first-order valence-electron chi connectivity index (χ1n) is 11.1. The Labute approximate surface area is 196 Å². The van der Waals surface area contributed by atoms with E-state index >= 15 is 0 Å². The molecule has 172 valence electrons. The van der Waals surface area contributed by atoms with E-state index in [-0.39, 0.29) is 24.4 Å². The van der Waals surface area contributed by atoms with Crippen LogP contribution in [0.4, 0.5) is 5.69 Å². The number of furan rings is 1. The molecule has 0 saturated heterocycles. The van der Waals surface area contributed by atoms with E-state index in [1.165, 1.54) is 22.5 Å². The van der Waals surface area contributed by atoms with Gasteiger partial charge in [0.15, 0.2) is 6.04 Å². The van der Waals surface area contributed by atoms with E-state index < -0.39 is 11.9 Å². The van der Waals surface area contributed by atoms with Gasteiger partial charge in [0.25, 0.3) is 11.8 Å². The minimum Gasteiger partial charge on any atom is -0.467 e. The van der Waals surface area contributed by atoms with Crippen molar-refractivity contribution in [3.05, 3.63) is 76.4 Å². The Morgan fingerprint density at radius 2 is 1.88 bits per heavy atom. The van der Waals surface area contributed by atoms with Crippen molar-refractivity contribution in [2.45, 2.75) is 44.7 Å². The van der Waals surface area contributed by atoms with Gasteiger partial charge in [-0.3, -0.25) is 19.3 Å². The number of nitrogens with one attached hydrogen (secondary N) is 2. The molecule has 1 fully saturated rings. The minimum absolute atomic E-state index is 0.0855. The molecule has 0 unspecified atom stereocenters. The Hall–Kier alpha value is -3.39. The van der Waals surface area contributed by atoms with Gasteiger partial charge in [-0.1, -0.05) is 37.1 Å². The Morgan fingerprint density at radius 3 is 2.55 bits per heavy atom. The van der Waals surface area contributed by atoms with Crippen LogP contribution in [0.1, 0.15) is 52.7 Å². The third kappa shape index (κ3) is 5.34. The minimum atomic E-state index is -0.993. The van der Waals surface area contributed by atoms with Gasteiger partial charge in [-0.25, -0.2) is 0 Å². The van der Waals surface area contributed by atoms with Crippen LogP contribution in [0.15, 0.2) is 64.6 Å². The van der Waals surface area contributed by atoms with E-state index in [1.54, 1.807) is 35.7 Å². The Kier molecular flexibility index (Phi) is 7.24. The van der Waals surface area contributed by atoms with Gasteiger partial charge in [0, 0.05) is 11.7 Å². The molecule has 1 aliphatic carbocycles. The average Bonchev–Trinajstić information content (AvgIpc) is 3.59. The number of benzene rings is 1. The highest BCUT2D eigenvalue weighted by Gasteiger charge is 2.36. The molecule has 2 aromatic heterocycles. The second-order valence-corrected chi connectivity index (χ2v) is 9.07. The standard InChI is InChI=1S/C25H27N3O4S/c1-17-8-2-5-11-19(17)28(22(29)16-26-24(30)21-13-7-15-33-21)23(20-12-6-14-32-20)25(31)27-18-9-3-4-10-18/h2,5-8,11-15,18,23H,3-4,9-10,16H2,1H3,(H,26,30)(H,27,31)/t23-/m0/s1. The maximum Gasteiger partial charge on any atom is 0.261 e. The predicted molar refractivity (Wildman–Crippen MR) is 127 cm³/mol. The van der Waals surface area contributed by atoms with Gasteiger partial charge in [-0.15, -0.1) is 11.3 Å². The van der Waals surface area contributed by atoms with Gasteiger partial charge in [0.05, 0.1) is 17.7 Å². The first-order chi connectivity index (χ1) is 16.0. The number of hydrogen-bond acceptors (Lipinski definition) is 5. The summed E-state index contributed by atoms with van der Waals surface area (Å²) in [6.07, 6.45) is 5.49. The number of carbonyl (C=O) groups excluding carboxylic acids is 3. The summed E-state index contributed by atoms with van der Waals surface area (Å²) in [4.78, 5) is 41.4. The maximum absolute atomic E-state index is 13.5. The summed E-state index contributed by atoms with van der Waals surface area (Å²) in [5, 5.41) is 7.59. The van der Waals surface area contributed by atoms with Crippen LogP contribution >= 0.6 is 11.3 Å². The second-order valence-electron chi connectivity index (χ2n) is 8.12. The first-order valence-corrected chi connectivity index (χ1v) is 12.0. The van der Waals surface area contributed by atoms with Crippen LogP contribution in [0.5, 0.6) is 0 Å². The summed E-state index contributed by atoms with van der Waals surface area (Å²) in [5.41, 5.74) is 1.43. The van der Waals surface area contributed by atoms with E-state index in [9.17, 15) is 14.4 Å². The quantitative estimate of drug-likeness (QED) is 0.521. The van der Waals surface area contributed by atoms with Crippen molar-refractivity contribution in [2.24, 2.45) is 0 Å². The molecule has 3 amide bonds. The number of carbonyl (C=O) groups is 3. The summed E-state index contributed by atoms with van der Waals surface area (Å²) >= 11 is 1.30. The molecule has 7 nitrogen and oxygen atoms in total. The summed E-state index contributed by atoms with van der Waals surface area (Å²) in [6, 6.07) is 13.3. The highest BCUT2D eigenvalue weighted by atomic mass is 32.1. The Bertz CT molecular complexity index is 1090. The van der Waals surface area contributed by atoms with Gasteiger partial charge < -0.3 is 15.1 Å². The normalized spacial score (nSPS) is 14.6. The smallest absolute Gasteiger partial charge is 0.261 e. The molecule has 2 heterocycles. The maximum atomic E-state index is 13.5. The molecule has 1 atom stereocenters. The van der Waals surface area contributed by atoms with Crippen molar-refractivity contribution in [3.63, 3.8) is 0 Å². The van der Waals surface area contributed by atoms with Crippen molar-refractivity contribution in [1.82, 2.24) is 10.6 Å². The van der Waals surface area contributed by atoms with Crippen LogP contribution in [-0.2, 0) is 9.59 Å². The third-order valence-corrected chi connectivity index (χ3v) is 6.68. The van der Waals surface area contributed by atoms with Crippen molar-refractivity contribution >= 4 is 34.7 Å². The molecule has 0 bridgehead atoms. The monoisotopic (exact) mass is 465 g/mol. The number of thiophene rings is 1. The molecule has 3 aromatic rings. The average molecular weight is 466 g/mol. The Morgan fingerprint density at radius 1 is 1.09 bits per heavy atom. The molecule has 1 aromatic carbocycles. The van der Waals surface area contributed by atoms with E-state index in [4.69, 9.17) is 4.42 Å². The molecule has 0 spiro atoms. The highest BCUT2D eigenvalue weighted by Crippen LogP contribution is 2.31. The van der Waals surface area contributed by atoms with Gasteiger partial charge in [-0.2, -0.15) is 0 Å². The molecule has 33 heavy (non-hydrogen) atoms. The molecular weight excluding hydrogens is 438 g/mol. The van der Waals surface area contributed by atoms with Gasteiger partial charge in [-0.05, 0) is 55.0 Å². The highest BCUT2D eigenvalue weighted by molar-refractivity contribution is 7.12. The van der Waals surface area contributed by atoms with E-state index in [1.807, 2.05) is 25.1 Å². The molecule has 1 aliphatic rings. The van der Waals surface area contributed by atoms with Crippen LogP contribution < -0.4 is 15.5 Å². The van der Waals surface area contributed by atoms with E-state index in [0.717, 1.165) is 31.2 Å². The lowest BCUT2D eigenvalue weighted by molar-refractivity contribution is -0.127. The first kappa shape index (κ1) is 22.8. The van der Waals surface area contributed by atoms with Crippen molar-refractivity contribution in [1.29, 1.82) is 0 Å². The lowest BCUT2D eigenvalue weighted by atomic mass is 10.1. The van der Waals surface area contributed by atoms with Crippen LogP contribution in [0.25, 0.3) is 0 Å². The summed E-state index contributed by atoms with van der Waals surface area (Å²) in [6.45, 7) is 1.63. The molecule has 1 saturated carbocycles. The summed E-state index contributed by atoms with van der Waals surface area (Å²) < 4.78 is 5.62. The largest absolute Gasteiger partial charge is 0.467 e. The van der Waals surface area contributed by atoms with Gasteiger partial charge in [0.2, 0.25) is 5.91 Å². The second kappa shape index (κ2) is 10.5. The fourth-order valence-corrected chi connectivity index (χ4v) is 4.80. The third-order valence-electron chi connectivity index (χ3n) is 5.81. The zero-order valence-corrected chi connectivity index (χ0v) is 19.3. The lowest BCUT2D eigenvalue weighted by Gasteiger charge is -2.32. The number of rotatable bonds is 8. The number of anilines is 1. The molecule has 8 heteroatoms. The van der Waals surface area contributed by atoms with Crippen LogP contribution in [-0.4, -0.2) is 30.3 Å². The van der Waals surface area contributed by atoms with Gasteiger partial charge >= 0.3 is 0 Å². The van der Waals surface area contributed by atoms with Gasteiger partial charge in [0.1, 0.15) is 5.76 Å². The zero-order valence-electron chi connectivity index (χ0n) is 18.5. The predicted octanol–water partition coefficient (Wildman–Crippen LogP) is 4.21. The van der Waals surface area contributed by atoms with Crippen molar-refractivity contribution in [3.8, 4) is 0 Å². The van der Waals surface area contributed by atoms with E-state index in [0.29, 0.717) is 16.3 Å². The zero-order chi connectivity index (χ0) is 23.2. The molecular formula is C25H27N3O4S.